The van der Waals surface area contributed by atoms with Gasteiger partial charge in [0.15, 0.2) is 0 Å². The second-order valence-corrected chi connectivity index (χ2v) is 4.18. The Morgan fingerprint density at radius 2 is 0.929 bits per heavy atom. The van der Waals surface area contributed by atoms with Crippen LogP contribution >= 0.6 is 0 Å². The molecule has 0 rings (SSSR count). The van der Waals surface area contributed by atoms with Crippen LogP contribution in [0.4, 0.5) is 0 Å². The van der Waals surface area contributed by atoms with Crippen LogP contribution in [-0.4, -0.2) is 0 Å². The van der Waals surface area contributed by atoms with E-state index in [1.165, 1.54) is 64.2 Å². The van der Waals surface area contributed by atoms with Crippen LogP contribution in [0.25, 0.3) is 0 Å². The Morgan fingerprint density at radius 3 is 1.29 bits per heavy atom. The molecule has 83 valence electrons. The first kappa shape index (κ1) is 14.0. The number of hydrogen-bond acceptors (Lipinski definition) is 0. The average molecular weight is 195 g/mol. The lowest BCUT2D eigenvalue weighted by atomic mass is 10.1. The lowest BCUT2D eigenvalue weighted by molar-refractivity contribution is 0.553. The Labute approximate surface area is 91.5 Å². The molecule has 0 aliphatic rings. The molecule has 0 bridgehead atoms. The molecule has 0 N–H and O–H groups in total. The van der Waals surface area contributed by atoms with Crippen molar-refractivity contribution in [2.45, 2.75) is 77.0 Å². The van der Waals surface area contributed by atoms with Crippen LogP contribution in [-0.2, 0) is 0 Å². The molecule has 0 aliphatic heterocycles. The zero-order valence-electron chi connectivity index (χ0n) is 9.77. The highest BCUT2D eigenvalue weighted by Gasteiger charge is 1.91. The Balaban J connectivity index is 2.78. The van der Waals surface area contributed by atoms with Crippen LogP contribution in [0.1, 0.15) is 77.0 Å². The highest BCUT2D eigenvalue weighted by atomic mass is 14.0. The highest BCUT2D eigenvalue weighted by molar-refractivity contribution is 4.49. The van der Waals surface area contributed by atoms with Crippen molar-refractivity contribution in [2.24, 2.45) is 0 Å². The fraction of sp³-hybridized carbons (Fsp3) is 0.857. The molecule has 14 heavy (non-hydrogen) atoms. The van der Waals surface area contributed by atoms with Crippen molar-refractivity contribution in [1.82, 2.24) is 0 Å². The van der Waals surface area contributed by atoms with Gasteiger partial charge in [-0.25, -0.2) is 0 Å². The molecule has 0 saturated heterocycles. The molecular weight excluding hydrogens is 168 g/mol. The van der Waals surface area contributed by atoms with Crippen molar-refractivity contribution in [3.8, 4) is 0 Å². The quantitative estimate of drug-likeness (QED) is 0.397. The minimum atomic E-state index is 0.866. The van der Waals surface area contributed by atoms with Gasteiger partial charge in [-0.05, 0) is 13.3 Å². The molecule has 0 aromatic rings. The van der Waals surface area contributed by atoms with Gasteiger partial charge in [-0.3, -0.25) is 0 Å². The molecule has 0 unspecified atom stereocenters. The highest BCUT2D eigenvalue weighted by Crippen LogP contribution is 2.11. The summed E-state index contributed by atoms with van der Waals surface area (Å²) in [6, 6.07) is 0. The molecule has 3 radical (unpaired) electrons. The van der Waals surface area contributed by atoms with E-state index in [1.807, 2.05) is 0 Å². The fourth-order valence-corrected chi connectivity index (χ4v) is 1.74. The minimum Gasteiger partial charge on any atom is -0.0533 e. The van der Waals surface area contributed by atoms with Crippen molar-refractivity contribution in [2.75, 3.05) is 0 Å². The van der Waals surface area contributed by atoms with Crippen LogP contribution < -0.4 is 0 Å². The van der Waals surface area contributed by atoms with Crippen molar-refractivity contribution in [1.29, 1.82) is 0 Å². The maximum atomic E-state index is 5.43. The molecule has 0 spiro atoms. The monoisotopic (exact) mass is 195 g/mol. The Hall–Kier alpha value is 0. The first-order chi connectivity index (χ1) is 6.91. The first-order valence-electron chi connectivity index (χ1n) is 6.41. The average Bonchev–Trinajstić information content (AvgIpc) is 2.21. The largest absolute Gasteiger partial charge is 0.0533 e. The van der Waals surface area contributed by atoms with Crippen molar-refractivity contribution < 1.29 is 0 Å². The van der Waals surface area contributed by atoms with E-state index in [4.69, 9.17) is 6.92 Å². The van der Waals surface area contributed by atoms with Crippen molar-refractivity contribution >= 4 is 0 Å². The van der Waals surface area contributed by atoms with Gasteiger partial charge in [0.1, 0.15) is 0 Å². The summed E-state index contributed by atoms with van der Waals surface area (Å²) in [5, 5.41) is 0. The minimum absolute atomic E-state index is 0.866. The normalized spacial score (nSPS) is 10.7. The van der Waals surface area contributed by atoms with E-state index in [1.54, 1.807) is 0 Å². The maximum absolute atomic E-state index is 5.43. The van der Waals surface area contributed by atoms with Gasteiger partial charge in [0.25, 0.3) is 0 Å². The first-order valence-corrected chi connectivity index (χ1v) is 6.41. The maximum Gasteiger partial charge on any atom is -0.0352 e. The third-order valence-electron chi connectivity index (χ3n) is 2.70. The number of unbranched alkanes of at least 4 members (excludes halogenated alkanes) is 11. The summed E-state index contributed by atoms with van der Waals surface area (Å²) in [5.41, 5.74) is 0. The van der Waals surface area contributed by atoms with E-state index in [9.17, 15) is 0 Å². The third-order valence-corrected chi connectivity index (χ3v) is 2.70. The van der Waals surface area contributed by atoms with Crippen molar-refractivity contribution in [3.63, 3.8) is 0 Å². The molecule has 0 aromatic heterocycles. The Kier molecular flexibility index (Phi) is 13.0. The van der Waals surface area contributed by atoms with Gasteiger partial charge in [-0.1, -0.05) is 77.6 Å². The summed E-state index contributed by atoms with van der Waals surface area (Å²) in [5.74, 6) is 0. The summed E-state index contributed by atoms with van der Waals surface area (Å²) in [4.78, 5) is 0. The van der Waals surface area contributed by atoms with Gasteiger partial charge >= 0.3 is 0 Å². The van der Waals surface area contributed by atoms with Gasteiger partial charge in [0.2, 0.25) is 0 Å². The predicted octanol–water partition coefficient (Wildman–Crippen LogP) is 5.21. The van der Waals surface area contributed by atoms with E-state index in [0.29, 0.717) is 0 Å². The van der Waals surface area contributed by atoms with Crippen LogP contribution in [0, 0.1) is 13.8 Å². The SMILES string of the molecule is [CH]CCCCCCCCCCCC[CH2]. The topological polar surface area (TPSA) is 0 Å². The summed E-state index contributed by atoms with van der Waals surface area (Å²) >= 11 is 0. The lowest BCUT2D eigenvalue weighted by Crippen LogP contribution is -1.81. The third kappa shape index (κ3) is 12.0. The van der Waals surface area contributed by atoms with Gasteiger partial charge < -0.3 is 0 Å². The lowest BCUT2D eigenvalue weighted by Gasteiger charge is -2.01. The molecule has 0 heterocycles. The smallest absolute Gasteiger partial charge is 0.0352 e. The van der Waals surface area contributed by atoms with Gasteiger partial charge in [0.05, 0.1) is 0 Å². The van der Waals surface area contributed by atoms with E-state index in [0.717, 1.165) is 12.8 Å². The summed E-state index contributed by atoms with van der Waals surface area (Å²) < 4.78 is 0. The molecule has 0 fully saturated rings. The van der Waals surface area contributed by atoms with E-state index < -0.39 is 0 Å². The molecule has 0 saturated carbocycles. The van der Waals surface area contributed by atoms with E-state index in [-0.39, 0.29) is 0 Å². The van der Waals surface area contributed by atoms with Crippen LogP contribution in [0.5, 0.6) is 0 Å². The molecule has 0 atom stereocenters. The zero-order valence-corrected chi connectivity index (χ0v) is 9.77. The van der Waals surface area contributed by atoms with Gasteiger partial charge in [-0.15, -0.1) is 0 Å². The molecular formula is C14H27. The molecule has 0 aliphatic carbocycles. The van der Waals surface area contributed by atoms with E-state index in [2.05, 4.69) is 6.92 Å². The summed E-state index contributed by atoms with van der Waals surface area (Å²) in [7, 11) is 0. The zero-order chi connectivity index (χ0) is 10.5. The van der Waals surface area contributed by atoms with Crippen LogP contribution in [0.2, 0.25) is 0 Å². The summed E-state index contributed by atoms with van der Waals surface area (Å²) in [6.45, 7) is 9.28. The predicted molar refractivity (Wildman–Crippen MR) is 65.1 cm³/mol. The molecule has 0 amide bonds. The van der Waals surface area contributed by atoms with E-state index >= 15 is 0 Å². The fourth-order valence-electron chi connectivity index (χ4n) is 1.74. The summed E-state index contributed by atoms with van der Waals surface area (Å²) in [6.07, 6.45) is 15.7. The van der Waals surface area contributed by atoms with Crippen LogP contribution in [0.3, 0.4) is 0 Å². The Morgan fingerprint density at radius 1 is 0.571 bits per heavy atom. The second kappa shape index (κ2) is 13.0. The van der Waals surface area contributed by atoms with Gasteiger partial charge in [0, 0.05) is 0 Å². The molecule has 0 heteroatoms. The van der Waals surface area contributed by atoms with Crippen molar-refractivity contribution in [3.05, 3.63) is 13.8 Å². The number of hydrogen-bond donors (Lipinski definition) is 0. The van der Waals surface area contributed by atoms with Gasteiger partial charge in [-0.2, -0.15) is 0 Å². The molecule has 0 nitrogen and oxygen atoms in total. The second-order valence-electron chi connectivity index (χ2n) is 4.18. The van der Waals surface area contributed by atoms with Crippen LogP contribution in [0.15, 0.2) is 0 Å². The Bertz CT molecular complexity index is 74.0. The molecule has 0 aromatic carbocycles. The standard InChI is InChI=1S/C14H27/c1-3-5-7-9-11-13-14-12-10-8-6-4-2/h1H,2-14H2. The number of rotatable bonds is 11.